The maximum Gasteiger partial charge on any atom is 0.240 e. The molecule has 2 amide bonds. The van der Waals surface area contributed by atoms with Crippen molar-refractivity contribution in [1.29, 1.82) is 0 Å². The van der Waals surface area contributed by atoms with Gasteiger partial charge in [0.05, 0.1) is 11.4 Å². The number of fused-ring (bicyclic) bond motifs is 1. The predicted molar refractivity (Wildman–Crippen MR) is 90.9 cm³/mol. The maximum absolute atomic E-state index is 12.2. The lowest BCUT2D eigenvalue weighted by Crippen LogP contribution is -2.44. The number of pyridine rings is 1. The van der Waals surface area contributed by atoms with Crippen LogP contribution in [-0.2, 0) is 14.3 Å². The van der Waals surface area contributed by atoms with Crippen molar-refractivity contribution in [2.45, 2.75) is 32.2 Å². The molecule has 0 radical (unpaired) electrons. The van der Waals surface area contributed by atoms with E-state index in [1.54, 1.807) is 4.90 Å². The number of hydrogen-bond acceptors (Lipinski definition) is 5. The summed E-state index contributed by atoms with van der Waals surface area (Å²) in [6.07, 6.45) is 0.764. The number of aryl methyl sites for hydroxylation is 2. The Bertz CT molecular complexity index is 592. The molecule has 7 heteroatoms. The third kappa shape index (κ3) is 4.68. The molecule has 0 aromatic carbocycles. The summed E-state index contributed by atoms with van der Waals surface area (Å²) >= 11 is 1.43. The number of amides is 2. The smallest absolute Gasteiger partial charge is 0.240 e. The highest BCUT2D eigenvalue weighted by molar-refractivity contribution is 8.00. The average molecular weight is 337 g/mol. The van der Waals surface area contributed by atoms with E-state index < -0.39 is 0 Å². The van der Waals surface area contributed by atoms with E-state index in [-0.39, 0.29) is 18.4 Å². The first-order valence-corrected chi connectivity index (χ1v) is 8.77. The molecule has 0 saturated heterocycles. The predicted octanol–water partition coefficient (Wildman–Crippen LogP) is 1.68. The second-order valence-corrected chi connectivity index (χ2v) is 6.37. The van der Waals surface area contributed by atoms with E-state index in [9.17, 15) is 9.59 Å². The van der Waals surface area contributed by atoms with E-state index in [1.165, 1.54) is 11.8 Å². The Balaban J connectivity index is 2.00. The molecule has 0 fully saturated rings. The lowest BCUT2D eigenvalue weighted by Gasteiger charge is -2.29. The summed E-state index contributed by atoms with van der Waals surface area (Å²) in [6.45, 7) is 7.70. The third-order valence-corrected chi connectivity index (χ3v) is 4.43. The number of carbonyl (C=O) groups excluding carboxylic acids is 2. The fourth-order valence-electron chi connectivity index (χ4n) is 2.47. The number of nitrogens with zero attached hydrogens (tertiary/aromatic N) is 2. The van der Waals surface area contributed by atoms with Gasteiger partial charge in [-0.25, -0.2) is 4.98 Å². The van der Waals surface area contributed by atoms with Crippen LogP contribution in [0.15, 0.2) is 11.1 Å². The number of hydrogen-bond donors (Lipinski definition) is 1. The lowest BCUT2D eigenvalue weighted by molar-refractivity contribution is -0.123. The van der Waals surface area contributed by atoms with Gasteiger partial charge in [-0.1, -0.05) is 11.8 Å². The third-order valence-electron chi connectivity index (χ3n) is 3.48. The normalized spacial score (nSPS) is 13.9. The zero-order chi connectivity index (χ0) is 16.8. The second-order valence-electron chi connectivity index (χ2n) is 5.40. The number of nitrogens with one attached hydrogen (secondary N) is 1. The van der Waals surface area contributed by atoms with E-state index >= 15 is 0 Å². The van der Waals surface area contributed by atoms with Crippen LogP contribution < -0.4 is 10.2 Å². The number of carbonyl (C=O) groups is 2. The Morgan fingerprint density at radius 1 is 1.48 bits per heavy atom. The van der Waals surface area contributed by atoms with Crippen molar-refractivity contribution in [3.63, 3.8) is 0 Å². The Hall–Kier alpha value is -1.60. The van der Waals surface area contributed by atoms with Gasteiger partial charge in [-0.15, -0.1) is 0 Å². The van der Waals surface area contributed by atoms with Crippen molar-refractivity contribution in [2.75, 3.05) is 37.0 Å². The number of thioether (sulfide) groups is 1. The summed E-state index contributed by atoms with van der Waals surface area (Å²) in [4.78, 5) is 30.4. The number of rotatable bonds is 7. The summed E-state index contributed by atoms with van der Waals surface area (Å²) in [5.74, 6) is 0.106. The highest BCUT2D eigenvalue weighted by atomic mass is 32.2. The van der Waals surface area contributed by atoms with Crippen LogP contribution in [0, 0.1) is 13.8 Å². The molecule has 0 saturated carbocycles. The van der Waals surface area contributed by atoms with Crippen LogP contribution in [-0.4, -0.2) is 48.9 Å². The maximum atomic E-state index is 12.2. The topological polar surface area (TPSA) is 71.5 Å². The number of aromatic nitrogens is 1. The van der Waals surface area contributed by atoms with E-state index in [0.717, 1.165) is 28.4 Å². The van der Waals surface area contributed by atoms with Gasteiger partial charge in [-0.2, -0.15) is 0 Å². The van der Waals surface area contributed by atoms with Crippen molar-refractivity contribution in [3.8, 4) is 0 Å². The minimum atomic E-state index is -0.160. The summed E-state index contributed by atoms with van der Waals surface area (Å²) in [6, 6.07) is 1.94. The van der Waals surface area contributed by atoms with Crippen molar-refractivity contribution < 1.29 is 14.3 Å². The monoisotopic (exact) mass is 337 g/mol. The molecule has 1 aliphatic heterocycles. The molecule has 1 aliphatic rings. The van der Waals surface area contributed by atoms with Crippen molar-refractivity contribution in [3.05, 3.63) is 17.3 Å². The summed E-state index contributed by atoms with van der Waals surface area (Å²) in [5, 5.41) is 3.66. The van der Waals surface area contributed by atoms with Gasteiger partial charge in [0.15, 0.2) is 0 Å². The highest BCUT2D eigenvalue weighted by Gasteiger charge is 2.29. The van der Waals surface area contributed by atoms with E-state index in [4.69, 9.17) is 4.74 Å². The fourth-order valence-corrected chi connectivity index (χ4v) is 3.50. The molecule has 0 atom stereocenters. The van der Waals surface area contributed by atoms with Gasteiger partial charge in [0.1, 0.15) is 11.6 Å². The summed E-state index contributed by atoms with van der Waals surface area (Å²) < 4.78 is 5.23. The van der Waals surface area contributed by atoms with Crippen LogP contribution in [0.5, 0.6) is 0 Å². The second kappa shape index (κ2) is 8.31. The fraction of sp³-hybridized carbons (Fsp3) is 0.562. The van der Waals surface area contributed by atoms with E-state index in [0.29, 0.717) is 25.5 Å². The van der Waals surface area contributed by atoms with Gasteiger partial charge in [-0.3, -0.25) is 14.5 Å². The van der Waals surface area contributed by atoms with Crippen LogP contribution in [0.1, 0.15) is 24.6 Å². The van der Waals surface area contributed by atoms with Gasteiger partial charge in [0, 0.05) is 25.5 Å². The molecular formula is C16H23N3O3S. The van der Waals surface area contributed by atoms with Crippen molar-refractivity contribution in [2.24, 2.45) is 0 Å². The molecule has 1 aromatic heterocycles. The minimum absolute atomic E-state index is 0.0343. The molecular weight excluding hydrogens is 314 g/mol. The summed E-state index contributed by atoms with van der Waals surface area (Å²) in [5.41, 5.74) is 2.65. The van der Waals surface area contributed by atoms with Gasteiger partial charge in [0.2, 0.25) is 11.8 Å². The quantitative estimate of drug-likeness (QED) is 0.767. The molecule has 0 spiro atoms. The number of anilines is 1. The molecule has 2 heterocycles. The highest BCUT2D eigenvalue weighted by Crippen LogP contribution is 2.36. The largest absolute Gasteiger partial charge is 0.382 e. The van der Waals surface area contributed by atoms with E-state index in [1.807, 2.05) is 26.8 Å². The first-order valence-electron chi connectivity index (χ1n) is 7.78. The molecule has 126 valence electrons. The Labute approximate surface area is 141 Å². The molecule has 23 heavy (non-hydrogen) atoms. The van der Waals surface area contributed by atoms with Crippen LogP contribution in [0.3, 0.4) is 0 Å². The first kappa shape index (κ1) is 17.7. The standard InChI is InChI=1S/C16H23N3O3S/c1-4-22-7-5-6-17-13(20)9-19-14(21)10-23-16-15(19)11(2)8-12(3)18-16/h8H,4-7,9-10H2,1-3H3,(H,17,20). The molecule has 0 aliphatic carbocycles. The molecule has 0 bridgehead atoms. The SMILES string of the molecule is CCOCCCNC(=O)CN1C(=O)CSc2nc(C)cc(C)c21. The van der Waals surface area contributed by atoms with Crippen LogP contribution in [0.4, 0.5) is 5.69 Å². The average Bonchev–Trinajstić information content (AvgIpc) is 2.49. The van der Waals surface area contributed by atoms with Gasteiger partial charge < -0.3 is 10.1 Å². The molecule has 2 rings (SSSR count). The Morgan fingerprint density at radius 2 is 2.26 bits per heavy atom. The number of ether oxygens (including phenoxy) is 1. The molecule has 6 nitrogen and oxygen atoms in total. The Morgan fingerprint density at radius 3 is 3.00 bits per heavy atom. The van der Waals surface area contributed by atoms with Gasteiger partial charge in [-0.05, 0) is 38.8 Å². The zero-order valence-corrected chi connectivity index (χ0v) is 14.7. The summed E-state index contributed by atoms with van der Waals surface area (Å²) in [7, 11) is 0. The van der Waals surface area contributed by atoms with Crippen molar-refractivity contribution in [1.82, 2.24) is 10.3 Å². The minimum Gasteiger partial charge on any atom is -0.382 e. The zero-order valence-electron chi connectivity index (χ0n) is 13.8. The van der Waals surface area contributed by atoms with E-state index in [2.05, 4.69) is 10.3 Å². The van der Waals surface area contributed by atoms with Gasteiger partial charge in [0.25, 0.3) is 0 Å². The van der Waals surface area contributed by atoms with Crippen LogP contribution in [0.2, 0.25) is 0 Å². The van der Waals surface area contributed by atoms with Crippen molar-refractivity contribution >= 4 is 29.3 Å². The van der Waals surface area contributed by atoms with Gasteiger partial charge >= 0.3 is 0 Å². The first-order chi connectivity index (χ1) is 11.0. The Kier molecular flexibility index (Phi) is 6.41. The molecule has 0 unspecified atom stereocenters. The van der Waals surface area contributed by atoms with Crippen LogP contribution in [0.25, 0.3) is 0 Å². The lowest BCUT2D eigenvalue weighted by atomic mass is 10.2. The molecule has 1 N–H and O–H groups in total. The van der Waals surface area contributed by atoms with Crippen LogP contribution >= 0.6 is 11.8 Å². The molecule has 1 aromatic rings.